The number of fused-ring (bicyclic) bond motifs is 1. The maximum atomic E-state index is 14.3. The highest BCUT2D eigenvalue weighted by atomic mass is 19.1. The highest BCUT2D eigenvalue weighted by Gasteiger charge is 2.22. The lowest BCUT2D eigenvalue weighted by Gasteiger charge is -2.13. The zero-order valence-corrected chi connectivity index (χ0v) is 17.8. The van der Waals surface area contributed by atoms with Crippen LogP contribution >= 0.6 is 0 Å². The summed E-state index contributed by atoms with van der Waals surface area (Å²) in [6, 6.07) is 11.4. The third-order valence-electron chi connectivity index (χ3n) is 5.32. The Kier molecular flexibility index (Phi) is 5.09. The SMILES string of the molecule is COc1cc(-c2nn(C(C)c3ccnc(-c4ccccc4F)n3)c3ncnc(N)c23)ccn1. The van der Waals surface area contributed by atoms with Gasteiger partial charge in [0, 0.05) is 24.0 Å². The van der Waals surface area contributed by atoms with Crippen LogP contribution in [0.25, 0.3) is 33.7 Å². The van der Waals surface area contributed by atoms with Crippen molar-refractivity contribution in [1.29, 1.82) is 0 Å². The van der Waals surface area contributed by atoms with Gasteiger partial charge in [-0.05, 0) is 31.2 Å². The van der Waals surface area contributed by atoms with Crippen LogP contribution in [0, 0.1) is 5.82 Å². The molecule has 4 aromatic heterocycles. The Bertz CT molecular complexity index is 1470. The Morgan fingerprint density at radius 3 is 2.67 bits per heavy atom. The minimum absolute atomic E-state index is 0.294. The van der Waals surface area contributed by atoms with Crippen molar-refractivity contribution in [2.45, 2.75) is 13.0 Å². The summed E-state index contributed by atoms with van der Waals surface area (Å²) in [5.41, 5.74) is 9.09. The normalized spacial score (nSPS) is 12.1. The predicted octanol–water partition coefficient (Wildman–Crippen LogP) is 3.68. The summed E-state index contributed by atoms with van der Waals surface area (Å²) in [5.74, 6) is 0.659. The molecule has 0 fully saturated rings. The lowest BCUT2D eigenvalue weighted by Crippen LogP contribution is -2.12. The average molecular weight is 442 g/mol. The molecule has 1 aromatic carbocycles. The smallest absolute Gasteiger partial charge is 0.213 e. The van der Waals surface area contributed by atoms with Crippen LogP contribution in [-0.2, 0) is 0 Å². The summed E-state index contributed by atoms with van der Waals surface area (Å²) in [6.07, 6.45) is 4.63. The largest absolute Gasteiger partial charge is 0.481 e. The summed E-state index contributed by atoms with van der Waals surface area (Å²) >= 11 is 0. The zero-order valence-electron chi connectivity index (χ0n) is 17.8. The molecule has 33 heavy (non-hydrogen) atoms. The van der Waals surface area contributed by atoms with Crippen LogP contribution in [0.1, 0.15) is 18.7 Å². The van der Waals surface area contributed by atoms with E-state index < -0.39 is 0 Å². The van der Waals surface area contributed by atoms with Crippen molar-refractivity contribution < 1.29 is 9.13 Å². The molecule has 0 aliphatic heterocycles. The first-order chi connectivity index (χ1) is 16.1. The maximum Gasteiger partial charge on any atom is 0.213 e. The number of hydrogen-bond donors (Lipinski definition) is 1. The van der Waals surface area contributed by atoms with E-state index >= 15 is 0 Å². The van der Waals surface area contributed by atoms with Crippen LogP contribution < -0.4 is 10.5 Å². The highest BCUT2D eigenvalue weighted by molar-refractivity contribution is 5.98. The number of rotatable bonds is 5. The second-order valence-corrected chi connectivity index (χ2v) is 7.30. The standard InChI is InChI=1S/C23H19FN8O/c1-13(17-8-10-27-22(30-17)15-5-3-4-6-16(15)24)32-23-19(21(25)28-12-29-23)20(31-32)14-7-9-26-18(11-14)33-2/h3-13H,1-2H3,(H2,25,28,29). The second-order valence-electron chi connectivity index (χ2n) is 7.30. The van der Waals surface area contributed by atoms with E-state index in [1.165, 1.54) is 12.4 Å². The molecule has 5 aromatic rings. The van der Waals surface area contributed by atoms with E-state index in [4.69, 9.17) is 15.6 Å². The molecule has 0 saturated carbocycles. The zero-order chi connectivity index (χ0) is 22.9. The van der Waals surface area contributed by atoms with Crippen molar-refractivity contribution in [2.75, 3.05) is 12.8 Å². The quantitative estimate of drug-likeness (QED) is 0.438. The van der Waals surface area contributed by atoms with E-state index in [1.54, 1.807) is 54.5 Å². The second kappa shape index (κ2) is 8.23. The molecule has 0 amide bonds. The number of aromatic nitrogens is 7. The number of nitrogens with zero attached hydrogens (tertiary/aromatic N) is 7. The summed E-state index contributed by atoms with van der Waals surface area (Å²) in [6.45, 7) is 1.93. The Balaban J connectivity index is 1.65. The number of methoxy groups -OCH3 is 1. The van der Waals surface area contributed by atoms with Gasteiger partial charge in [0.1, 0.15) is 23.7 Å². The average Bonchev–Trinajstić information content (AvgIpc) is 3.25. The Morgan fingerprint density at radius 1 is 1.03 bits per heavy atom. The van der Waals surface area contributed by atoms with E-state index in [-0.39, 0.29) is 11.9 Å². The number of pyridine rings is 1. The fourth-order valence-electron chi connectivity index (χ4n) is 3.64. The number of halogens is 1. The first-order valence-corrected chi connectivity index (χ1v) is 10.1. The summed E-state index contributed by atoms with van der Waals surface area (Å²) in [4.78, 5) is 21.6. The molecular weight excluding hydrogens is 423 g/mol. The monoisotopic (exact) mass is 442 g/mol. The van der Waals surface area contributed by atoms with Gasteiger partial charge in [-0.1, -0.05) is 12.1 Å². The van der Waals surface area contributed by atoms with Crippen molar-refractivity contribution in [1.82, 2.24) is 34.7 Å². The van der Waals surface area contributed by atoms with Gasteiger partial charge in [-0.2, -0.15) is 5.10 Å². The van der Waals surface area contributed by atoms with Gasteiger partial charge in [-0.15, -0.1) is 0 Å². The highest BCUT2D eigenvalue weighted by Crippen LogP contribution is 2.33. The van der Waals surface area contributed by atoms with Crippen LogP contribution in [0.15, 0.2) is 61.2 Å². The summed E-state index contributed by atoms with van der Waals surface area (Å²) < 4.78 is 21.3. The molecule has 10 heteroatoms. The van der Waals surface area contributed by atoms with Crippen molar-refractivity contribution in [3.8, 4) is 28.5 Å². The van der Waals surface area contributed by atoms with Gasteiger partial charge >= 0.3 is 0 Å². The lowest BCUT2D eigenvalue weighted by atomic mass is 10.1. The van der Waals surface area contributed by atoms with E-state index in [2.05, 4.69) is 24.9 Å². The van der Waals surface area contributed by atoms with Crippen LogP contribution in [0.2, 0.25) is 0 Å². The molecule has 0 aliphatic rings. The van der Waals surface area contributed by atoms with Crippen molar-refractivity contribution in [3.05, 3.63) is 72.7 Å². The van der Waals surface area contributed by atoms with Gasteiger partial charge in [0.25, 0.3) is 0 Å². The van der Waals surface area contributed by atoms with Crippen LogP contribution in [0.4, 0.5) is 10.2 Å². The van der Waals surface area contributed by atoms with E-state index in [0.717, 1.165) is 5.56 Å². The Labute approximate surface area is 188 Å². The molecule has 1 unspecified atom stereocenters. The van der Waals surface area contributed by atoms with Crippen molar-refractivity contribution >= 4 is 16.9 Å². The fourth-order valence-corrected chi connectivity index (χ4v) is 3.64. The molecule has 164 valence electrons. The number of anilines is 1. The van der Waals surface area contributed by atoms with E-state index in [1.807, 2.05) is 13.0 Å². The lowest BCUT2D eigenvalue weighted by molar-refractivity contribution is 0.398. The topological polar surface area (TPSA) is 118 Å². The number of hydrogen-bond acceptors (Lipinski definition) is 8. The first-order valence-electron chi connectivity index (χ1n) is 10.1. The van der Waals surface area contributed by atoms with Gasteiger partial charge < -0.3 is 10.5 Å². The Morgan fingerprint density at radius 2 is 1.85 bits per heavy atom. The molecule has 0 bridgehead atoms. The van der Waals surface area contributed by atoms with Gasteiger partial charge in [0.15, 0.2) is 11.5 Å². The van der Waals surface area contributed by atoms with Gasteiger partial charge in [0.05, 0.1) is 29.8 Å². The van der Waals surface area contributed by atoms with Crippen LogP contribution in [-0.4, -0.2) is 41.8 Å². The first kappa shape index (κ1) is 20.4. The predicted molar refractivity (Wildman–Crippen MR) is 121 cm³/mol. The van der Waals surface area contributed by atoms with Crippen molar-refractivity contribution in [2.24, 2.45) is 0 Å². The Hall–Kier alpha value is -4.47. The third-order valence-corrected chi connectivity index (χ3v) is 5.32. The number of nitrogens with two attached hydrogens (primary N) is 1. The van der Waals surface area contributed by atoms with Crippen LogP contribution in [0.5, 0.6) is 5.88 Å². The minimum atomic E-state index is -0.388. The number of benzene rings is 1. The fraction of sp³-hybridized carbons (Fsp3) is 0.130. The van der Waals surface area contributed by atoms with Gasteiger partial charge in [0.2, 0.25) is 5.88 Å². The van der Waals surface area contributed by atoms with Gasteiger partial charge in [-0.3, -0.25) is 0 Å². The molecule has 5 rings (SSSR count). The summed E-state index contributed by atoms with van der Waals surface area (Å²) in [5, 5.41) is 5.42. The maximum absolute atomic E-state index is 14.3. The van der Waals surface area contributed by atoms with Crippen LogP contribution in [0.3, 0.4) is 0 Å². The van der Waals surface area contributed by atoms with Gasteiger partial charge in [-0.25, -0.2) is 34.0 Å². The molecule has 2 N–H and O–H groups in total. The molecule has 0 spiro atoms. The minimum Gasteiger partial charge on any atom is -0.481 e. The van der Waals surface area contributed by atoms with E-state index in [9.17, 15) is 4.39 Å². The van der Waals surface area contributed by atoms with E-state index in [0.29, 0.717) is 45.5 Å². The number of ether oxygens (including phenoxy) is 1. The molecule has 4 heterocycles. The third kappa shape index (κ3) is 3.61. The molecule has 9 nitrogen and oxygen atoms in total. The molecule has 0 saturated heterocycles. The molecule has 0 radical (unpaired) electrons. The summed E-state index contributed by atoms with van der Waals surface area (Å²) in [7, 11) is 1.55. The number of nitrogen functional groups attached to an aromatic ring is 1. The van der Waals surface area contributed by atoms with Crippen molar-refractivity contribution in [3.63, 3.8) is 0 Å². The molecule has 0 aliphatic carbocycles. The molecule has 1 atom stereocenters. The molecular formula is C23H19FN8O.